The fraction of sp³-hybridized carbons (Fsp3) is 0.550. The topological polar surface area (TPSA) is 123 Å². The Morgan fingerprint density at radius 1 is 1.17 bits per heavy atom. The monoisotopic (exact) mass is 436 g/mol. The molecule has 1 aromatic carbocycles. The van der Waals surface area contributed by atoms with Crippen LogP contribution in [0, 0.1) is 0 Å². The van der Waals surface area contributed by atoms with Gasteiger partial charge in [-0.3, -0.25) is 4.79 Å². The summed E-state index contributed by atoms with van der Waals surface area (Å²) in [7, 11) is -2.36. The van der Waals surface area contributed by atoms with Gasteiger partial charge in [0, 0.05) is 5.92 Å². The zero-order chi connectivity index (χ0) is 21.7. The molecule has 0 aliphatic heterocycles. The van der Waals surface area contributed by atoms with Crippen LogP contribution in [0.4, 0.5) is 0 Å². The van der Waals surface area contributed by atoms with E-state index in [1.807, 2.05) is 0 Å². The third-order valence-electron chi connectivity index (χ3n) is 5.25. The van der Waals surface area contributed by atoms with Crippen LogP contribution in [0.1, 0.15) is 69.6 Å². The first-order valence-electron chi connectivity index (χ1n) is 10.1. The number of carbonyl (C=O) groups is 1. The highest BCUT2D eigenvalue weighted by Crippen LogP contribution is 2.31. The number of nitrogens with one attached hydrogen (secondary N) is 2. The molecule has 0 radical (unpaired) electrons. The number of carbonyl (C=O) groups excluding carboxylic acids is 1. The molecule has 1 saturated carbocycles. The van der Waals surface area contributed by atoms with Gasteiger partial charge >= 0.3 is 0 Å². The zero-order valence-electron chi connectivity index (χ0n) is 17.4. The molecule has 2 N–H and O–H groups in total. The lowest BCUT2D eigenvalue weighted by molar-refractivity contribution is -0.123. The molecule has 0 spiro atoms. The van der Waals surface area contributed by atoms with Crippen molar-refractivity contribution in [2.24, 2.45) is 0 Å². The van der Waals surface area contributed by atoms with Crippen LogP contribution in [0.5, 0.6) is 5.75 Å². The van der Waals surface area contributed by atoms with E-state index in [2.05, 4.69) is 20.2 Å². The van der Waals surface area contributed by atoms with E-state index in [1.54, 1.807) is 19.1 Å². The van der Waals surface area contributed by atoms with Gasteiger partial charge in [-0.2, -0.15) is 9.71 Å². The molecule has 0 saturated heterocycles. The van der Waals surface area contributed by atoms with Gasteiger partial charge in [-0.15, -0.1) is 0 Å². The van der Waals surface area contributed by atoms with Gasteiger partial charge in [-0.05, 0) is 51.0 Å². The van der Waals surface area contributed by atoms with E-state index >= 15 is 0 Å². The smallest absolute Gasteiger partial charge is 0.248 e. The van der Waals surface area contributed by atoms with E-state index < -0.39 is 28.0 Å². The predicted octanol–water partition coefficient (Wildman–Crippen LogP) is 2.67. The maximum absolute atomic E-state index is 12.5. The first kappa shape index (κ1) is 22.2. The van der Waals surface area contributed by atoms with Crippen molar-refractivity contribution in [3.05, 3.63) is 36.0 Å². The lowest BCUT2D eigenvalue weighted by atomic mass is 9.89. The molecule has 164 valence electrons. The van der Waals surface area contributed by atoms with Gasteiger partial charge in [0.1, 0.15) is 11.8 Å². The highest BCUT2D eigenvalue weighted by atomic mass is 32.2. The van der Waals surface area contributed by atoms with Gasteiger partial charge in [0.2, 0.25) is 21.8 Å². The number of nitrogens with zero attached hydrogens (tertiary/aromatic N) is 2. The van der Waals surface area contributed by atoms with Crippen molar-refractivity contribution in [3.63, 3.8) is 0 Å². The predicted molar refractivity (Wildman–Crippen MR) is 109 cm³/mol. The number of hydrogen-bond donors (Lipinski definition) is 2. The summed E-state index contributed by atoms with van der Waals surface area (Å²) in [4.78, 5) is 17.0. The summed E-state index contributed by atoms with van der Waals surface area (Å²) < 4.78 is 37.7. The number of hydrogen-bond acceptors (Lipinski definition) is 7. The van der Waals surface area contributed by atoms with Crippen molar-refractivity contribution >= 4 is 15.9 Å². The van der Waals surface area contributed by atoms with Crippen LogP contribution < -0.4 is 14.8 Å². The van der Waals surface area contributed by atoms with Gasteiger partial charge in [-0.25, -0.2) is 8.42 Å². The van der Waals surface area contributed by atoms with Crippen LogP contribution >= 0.6 is 0 Å². The molecule has 1 fully saturated rings. The van der Waals surface area contributed by atoms with Crippen LogP contribution in [0.3, 0.4) is 0 Å². The van der Waals surface area contributed by atoms with Crippen LogP contribution in [0.25, 0.3) is 0 Å². The molecule has 10 heteroatoms. The van der Waals surface area contributed by atoms with Gasteiger partial charge in [0.05, 0.1) is 18.0 Å². The van der Waals surface area contributed by atoms with Crippen molar-refractivity contribution in [1.82, 2.24) is 20.2 Å². The summed E-state index contributed by atoms with van der Waals surface area (Å²) in [6, 6.07) is 4.40. The molecule has 30 heavy (non-hydrogen) atoms. The Bertz CT molecular complexity index is 952. The summed E-state index contributed by atoms with van der Waals surface area (Å²) in [6.45, 7) is 3.20. The molecule has 2 aromatic rings. The van der Waals surface area contributed by atoms with Crippen molar-refractivity contribution < 1.29 is 22.5 Å². The van der Waals surface area contributed by atoms with E-state index in [1.165, 1.54) is 32.6 Å². The van der Waals surface area contributed by atoms with Gasteiger partial charge in [0.15, 0.2) is 5.82 Å². The molecule has 1 aromatic heterocycles. The third kappa shape index (κ3) is 5.37. The molecule has 3 rings (SSSR count). The average molecular weight is 437 g/mol. The highest BCUT2D eigenvalue weighted by Gasteiger charge is 2.26. The molecular weight excluding hydrogens is 408 g/mol. The zero-order valence-corrected chi connectivity index (χ0v) is 18.2. The molecule has 2 atom stereocenters. The molecule has 1 aliphatic carbocycles. The van der Waals surface area contributed by atoms with E-state index in [4.69, 9.17) is 9.26 Å². The highest BCUT2D eigenvalue weighted by molar-refractivity contribution is 7.89. The number of ether oxygens (including phenoxy) is 1. The lowest BCUT2D eigenvalue weighted by Gasteiger charge is -2.18. The van der Waals surface area contributed by atoms with Crippen LogP contribution in [0.2, 0.25) is 0 Å². The van der Waals surface area contributed by atoms with Crippen molar-refractivity contribution in [1.29, 1.82) is 0 Å². The summed E-state index contributed by atoms with van der Waals surface area (Å²) in [5.41, 5.74) is 0. The van der Waals surface area contributed by atoms with E-state index in [-0.39, 0.29) is 4.90 Å². The minimum Gasteiger partial charge on any atom is -0.497 e. The Kier molecular flexibility index (Phi) is 7.09. The summed E-state index contributed by atoms with van der Waals surface area (Å²) >= 11 is 0. The van der Waals surface area contributed by atoms with E-state index in [0.29, 0.717) is 23.4 Å². The number of benzene rings is 1. The number of rotatable bonds is 8. The number of methoxy groups -OCH3 is 1. The van der Waals surface area contributed by atoms with Crippen molar-refractivity contribution in [2.45, 2.75) is 68.8 Å². The Labute approximate surface area is 176 Å². The number of sulfonamides is 1. The Hall–Kier alpha value is -2.46. The Morgan fingerprint density at radius 3 is 2.47 bits per heavy atom. The van der Waals surface area contributed by atoms with E-state index in [9.17, 15) is 13.2 Å². The summed E-state index contributed by atoms with van der Waals surface area (Å²) in [6.07, 6.45) is 5.64. The molecule has 1 aliphatic rings. The minimum absolute atomic E-state index is 0.0463. The van der Waals surface area contributed by atoms with Gasteiger partial charge in [-0.1, -0.05) is 24.4 Å². The SMILES string of the molecule is COc1ccc(S(=O)(=O)N[C@@H](C)C(=O)N[C@H](C)c2nc(C3CCCCC3)no2)cc1. The molecule has 0 bridgehead atoms. The quantitative estimate of drug-likeness (QED) is 0.652. The molecular formula is C20H28N4O5S. The number of amides is 1. The first-order valence-corrected chi connectivity index (χ1v) is 11.6. The van der Waals surface area contributed by atoms with Gasteiger partial charge in [0.25, 0.3) is 0 Å². The second kappa shape index (κ2) is 9.57. The maximum Gasteiger partial charge on any atom is 0.248 e. The van der Waals surface area contributed by atoms with Crippen LogP contribution in [-0.2, 0) is 14.8 Å². The lowest BCUT2D eigenvalue weighted by Crippen LogP contribution is -2.45. The normalized spacial score (nSPS) is 17.3. The van der Waals surface area contributed by atoms with Gasteiger partial charge < -0.3 is 14.6 Å². The minimum atomic E-state index is -3.86. The standard InChI is InChI=1S/C20H28N4O5S/c1-13(24-30(26,27)17-11-9-16(28-3)10-12-17)19(25)21-14(2)20-22-18(23-29-20)15-7-5-4-6-8-15/h9-15,24H,4-8H2,1-3H3,(H,21,25)/t13-,14+/m0/s1. The first-order chi connectivity index (χ1) is 14.3. The average Bonchev–Trinajstić information content (AvgIpc) is 3.24. The molecule has 0 unspecified atom stereocenters. The second-order valence-electron chi connectivity index (χ2n) is 7.57. The molecule has 1 amide bonds. The Morgan fingerprint density at radius 2 is 1.83 bits per heavy atom. The van der Waals surface area contributed by atoms with E-state index in [0.717, 1.165) is 25.7 Å². The van der Waals surface area contributed by atoms with Crippen LogP contribution in [0.15, 0.2) is 33.7 Å². The van der Waals surface area contributed by atoms with Crippen molar-refractivity contribution in [3.8, 4) is 5.75 Å². The third-order valence-corrected chi connectivity index (χ3v) is 6.81. The fourth-order valence-corrected chi connectivity index (χ4v) is 4.66. The summed E-state index contributed by atoms with van der Waals surface area (Å²) in [5.74, 6) is 1.35. The largest absolute Gasteiger partial charge is 0.497 e. The fourth-order valence-electron chi connectivity index (χ4n) is 3.46. The Balaban J connectivity index is 1.58. The molecule has 9 nitrogen and oxygen atoms in total. The number of aromatic nitrogens is 2. The second-order valence-corrected chi connectivity index (χ2v) is 9.29. The van der Waals surface area contributed by atoms with Crippen LogP contribution in [-0.4, -0.2) is 37.6 Å². The maximum atomic E-state index is 12.5. The van der Waals surface area contributed by atoms with Crippen molar-refractivity contribution in [2.75, 3.05) is 7.11 Å². The summed E-state index contributed by atoms with van der Waals surface area (Å²) in [5, 5.41) is 6.79. The molecule has 1 heterocycles.